The van der Waals surface area contributed by atoms with Crippen molar-refractivity contribution in [1.82, 2.24) is 5.32 Å². The first-order chi connectivity index (χ1) is 4.97. The lowest BCUT2D eigenvalue weighted by atomic mass is 10.6. The Kier molecular flexibility index (Phi) is 2.13. The number of hydrogen-bond acceptors (Lipinski definition) is 4. The Bertz CT molecular complexity index is 96.3. The lowest BCUT2D eigenvalue weighted by Gasteiger charge is -2.13. The summed E-state index contributed by atoms with van der Waals surface area (Å²) in [5.74, 6) is 1.15. The Balaban J connectivity index is 1.85. The van der Waals surface area contributed by atoms with Gasteiger partial charge in [0, 0.05) is 12.3 Å². The van der Waals surface area contributed by atoms with Crippen LogP contribution in [0.2, 0.25) is 0 Å². The van der Waals surface area contributed by atoms with Gasteiger partial charge in [-0.1, -0.05) is 0 Å². The summed E-state index contributed by atoms with van der Waals surface area (Å²) in [5.41, 5.74) is 0. The van der Waals surface area contributed by atoms with Crippen molar-refractivity contribution < 1.29 is 9.47 Å². The topological polar surface area (TPSA) is 30.5 Å². The standard InChI is InChI=1S/C6H10NO2S/c1-4-10-5(7-1)6-8-2-3-9-6/h5,7H,1-4H2. The summed E-state index contributed by atoms with van der Waals surface area (Å²) in [6, 6.07) is 0. The average molecular weight is 160 g/mol. The van der Waals surface area contributed by atoms with E-state index in [1.54, 1.807) is 0 Å². The molecular formula is C6H10NO2S. The van der Waals surface area contributed by atoms with Crippen LogP contribution >= 0.6 is 11.8 Å². The highest BCUT2D eigenvalue weighted by molar-refractivity contribution is 8.00. The van der Waals surface area contributed by atoms with Gasteiger partial charge in [0.25, 0.3) is 6.29 Å². The quantitative estimate of drug-likeness (QED) is 0.593. The molecule has 0 spiro atoms. The fourth-order valence-electron chi connectivity index (χ4n) is 1.05. The average Bonchev–Trinajstić information content (AvgIpc) is 2.59. The monoisotopic (exact) mass is 160 g/mol. The Morgan fingerprint density at radius 3 is 2.80 bits per heavy atom. The van der Waals surface area contributed by atoms with E-state index in [-0.39, 0.29) is 0 Å². The molecule has 2 fully saturated rings. The highest BCUT2D eigenvalue weighted by Crippen LogP contribution is 2.27. The molecule has 2 aliphatic heterocycles. The summed E-state index contributed by atoms with van der Waals surface area (Å²) in [5, 5.41) is 3.57. The van der Waals surface area contributed by atoms with Crippen LogP contribution in [0.3, 0.4) is 0 Å². The van der Waals surface area contributed by atoms with Crippen molar-refractivity contribution in [3.05, 3.63) is 6.29 Å². The van der Waals surface area contributed by atoms with Crippen LogP contribution in [0.15, 0.2) is 0 Å². The fraction of sp³-hybridized carbons (Fsp3) is 0.833. The molecule has 0 aromatic carbocycles. The molecule has 57 valence electrons. The molecule has 1 unspecified atom stereocenters. The molecule has 0 bridgehead atoms. The maximum absolute atomic E-state index is 5.25. The number of thioether (sulfide) groups is 1. The molecule has 0 aliphatic carbocycles. The summed E-state index contributed by atoms with van der Waals surface area (Å²) in [6.07, 6.45) is 0.780. The first-order valence-corrected chi connectivity index (χ1v) is 4.49. The van der Waals surface area contributed by atoms with Gasteiger partial charge in [-0.2, -0.15) is 0 Å². The van der Waals surface area contributed by atoms with Crippen LogP contribution in [0.1, 0.15) is 0 Å². The molecule has 0 aromatic rings. The molecule has 4 heteroatoms. The highest BCUT2D eigenvalue weighted by atomic mass is 32.2. The van der Waals surface area contributed by atoms with E-state index in [0.29, 0.717) is 18.6 Å². The fourth-order valence-corrected chi connectivity index (χ4v) is 2.03. The van der Waals surface area contributed by atoms with E-state index in [4.69, 9.17) is 9.47 Å². The van der Waals surface area contributed by atoms with Gasteiger partial charge in [0.2, 0.25) is 0 Å². The second-order valence-electron chi connectivity index (χ2n) is 2.22. The van der Waals surface area contributed by atoms with Gasteiger partial charge in [-0.25, -0.2) is 0 Å². The molecule has 2 rings (SSSR count). The van der Waals surface area contributed by atoms with E-state index in [0.717, 1.165) is 18.6 Å². The number of hydrogen-bond donors (Lipinski definition) is 1. The van der Waals surface area contributed by atoms with Gasteiger partial charge in [0.05, 0.1) is 13.2 Å². The van der Waals surface area contributed by atoms with Crippen molar-refractivity contribution in [2.24, 2.45) is 0 Å². The van der Waals surface area contributed by atoms with Crippen molar-refractivity contribution in [1.29, 1.82) is 0 Å². The number of ether oxygens (including phenoxy) is 2. The van der Waals surface area contributed by atoms with Crippen molar-refractivity contribution in [3.8, 4) is 0 Å². The summed E-state index contributed by atoms with van der Waals surface area (Å²) in [6.45, 7) is 2.49. The van der Waals surface area contributed by atoms with Gasteiger partial charge in [0.15, 0.2) is 0 Å². The van der Waals surface area contributed by atoms with Crippen LogP contribution in [0, 0.1) is 6.29 Å². The molecule has 10 heavy (non-hydrogen) atoms. The van der Waals surface area contributed by atoms with Crippen molar-refractivity contribution in [2.75, 3.05) is 25.5 Å². The summed E-state index contributed by atoms with van der Waals surface area (Å²) in [4.78, 5) is 0. The van der Waals surface area contributed by atoms with Gasteiger partial charge >= 0.3 is 0 Å². The largest absolute Gasteiger partial charge is 0.341 e. The van der Waals surface area contributed by atoms with Crippen molar-refractivity contribution in [3.63, 3.8) is 0 Å². The normalized spacial score (nSPS) is 35.4. The minimum atomic E-state index is 0.294. The van der Waals surface area contributed by atoms with Gasteiger partial charge < -0.3 is 9.47 Å². The van der Waals surface area contributed by atoms with Crippen LogP contribution in [0.5, 0.6) is 0 Å². The zero-order valence-corrected chi connectivity index (χ0v) is 6.45. The Morgan fingerprint density at radius 2 is 2.20 bits per heavy atom. The minimum absolute atomic E-state index is 0.294. The molecule has 2 aliphatic rings. The van der Waals surface area contributed by atoms with Crippen molar-refractivity contribution in [2.45, 2.75) is 5.37 Å². The summed E-state index contributed by atoms with van der Waals surface area (Å²) in [7, 11) is 0. The number of nitrogens with one attached hydrogen (secondary N) is 1. The van der Waals surface area contributed by atoms with Crippen LogP contribution in [0.25, 0.3) is 0 Å². The highest BCUT2D eigenvalue weighted by Gasteiger charge is 2.31. The van der Waals surface area contributed by atoms with E-state index in [9.17, 15) is 0 Å². The summed E-state index contributed by atoms with van der Waals surface area (Å²) < 4.78 is 10.5. The first-order valence-electron chi connectivity index (χ1n) is 3.44. The third-order valence-electron chi connectivity index (χ3n) is 1.50. The van der Waals surface area contributed by atoms with Gasteiger partial charge in [-0.05, 0) is 0 Å². The van der Waals surface area contributed by atoms with Crippen LogP contribution in [-0.2, 0) is 9.47 Å². The second kappa shape index (κ2) is 3.09. The van der Waals surface area contributed by atoms with Crippen LogP contribution in [0.4, 0.5) is 0 Å². The SMILES string of the molecule is C1CSC([C]2OCCO2)N1. The molecule has 1 N–H and O–H groups in total. The minimum Gasteiger partial charge on any atom is -0.341 e. The maximum Gasteiger partial charge on any atom is 0.252 e. The van der Waals surface area contributed by atoms with E-state index in [1.165, 1.54) is 0 Å². The van der Waals surface area contributed by atoms with Gasteiger partial charge in [-0.3, -0.25) is 5.32 Å². The molecule has 2 heterocycles. The molecule has 0 amide bonds. The first kappa shape index (κ1) is 6.91. The van der Waals surface area contributed by atoms with E-state index in [1.807, 2.05) is 11.8 Å². The third kappa shape index (κ3) is 1.29. The molecule has 3 nitrogen and oxygen atoms in total. The lowest BCUT2D eigenvalue weighted by Crippen LogP contribution is -2.27. The molecule has 2 saturated heterocycles. The molecule has 0 saturated carbocycles. The zero-order valence-electron chi connectivity index (χ0n) is 5.63. The molecular weight excluding hydrogens is 150 g/mol. The van der Waals surface area contributed by atoms with Gasteiger partial charge in [-0.15, -0.1) is 11.8 Å². The van der Waals surface area contributed by atoms with Gasteiger partial charge in [0.1, 0.15) is 5.37 Å². The predicted molar refractivity (Wildman–Crippen MR) is 39.4 cm³/mol. The van der Waals surface area contributed by atoms with E-state index in [2.05, 4.69) is 5.32 Å². The predicted octanol–water partition coefficient (Wildman–Crippen LogP) is 0.185. The molecule has 1 radical (unpaired) electrons. The smallest absolute Gasteiger partial charge is 0.252 e. The Morgan fingerprint density at radius 1 is 1.40 bits per heavy atom. The molecule has 0 aromatic heterocycles. The Hall–Kier alpha value is 0.230. The third-order valence-corrected chi connectivity index (χ3v) is 2.63. The molecule has 1 atom stereocenters. The van der Waals surface area contributed by atoms with Crippen molar-refractivity contribution >= 4 is 11.8 Å². The van der Waals surface area contributed by atoms with E-state index < -0.39 is 0 Å². The van der Waals surface area contributed by atoms with Crippen LogP contribution in [-0.4, -0.2) is 30.9 Å². The number of rotatable bonds is 1. The summed E-state index contributed by atoms with van der Waals surface area (Å²) >= 11 is 1.84. The van der Waals surface area contributed by atoms with Crippen LogP contribution < -0.4 is 5.32 Å². The van der Waals surface area contributed by atoms with E-state index >= 15 is 0 Å². The Labute approximate surface area is 64.5 Å². The second-order valence-corrected chi connectivity index (χ2v) is 3.43. The zero-order chi connectivity index (χ0) is 6.81. The lowest BCUT2D eigenvalue weighted by molar-refractivity contribution is 0.0650. The maximum atomic E-state index is 5.25.